The molecule has 0 amide bonds. The molecule has 0 atom stereocenters. The molecule has 4 heteroatoms. The van der Waals surface area contributed by atoms with Crippen LogP contribution in [0.4, 0.5) is 0 Å². The standard InChI is InChI=1S/Al.Cu.GeH4.Li.4H/h;;1H4;;;;;/q;;;+1;;;;-1. The molecule has 0 unspecified atom stereocenters. The molecule has 1 radical (unpaired) electrons. The second-order valence-electron chi connectivity index (χ2n) is 0. The summed E-state index contributed by atoms with van der Waals surface area (Å²) < 4.78 is 0. The number of hydrogen-bond acceptors (Lipinski definition) is 0. The molecule has 0 saturated heterocycles. The van der Waals surface area contributed by atoms with Gasteiger partial charge >= 0.3 is 36.5 Å². The van der Waals surface area contributed by atoms with Crippen molar-refractivity contribution in [2.45, 2.75) is 0 Å². The fourth-order valence-corrected chi connectivity index (χ4v) is 0. The Labute approximate surface area is 71.7 Å². The van der Waals surface area contributed by atoms with Crippen molar-refractivity contribution in [1.82, 2.24) is 0 Å². The van der Waals surface area contributed by atoms with E-state index in [4.69, 9.17) is 0 Å². The zero-order valence-corrected chi connectivity index (χ0v) is 2.24. The first kappa shape index (κ1) is 34.7. The Morgan fingerprint density at radius 3 is 1.25 bits per heavy atom. The van der Waals surface area contributed by atoms with E-state index < -0.39 is 0 Å². The molecule has 0 N–H and O–H groups in total. The van der Waals surface area contributed by atoms with Crippen LogP contribution in [0.15, 0.2) is 0 Å². The van der Waals surface area contributed by atoms with Crippen LogP contribution in [-0.2, 0) is 17.1 Å². The summed E-state index contributed by atoms with van der Waals surface area (Å²) in [6, 6.07) is 0. The summed E-state index contributed by atoms with van der Waals surface area (Å²) in [6.07, 6.45) is 0. The molecule has 0 saturated carbocycles. The van der Waals surface area contributed by atoms with Crippen molar-refractivity contribution in [1.29, 1.82) is 0 Å². The largest absolute Gasteiger partial charge is 1.00 e. The Kier molecular flexibility index (Phi) is 165. The van der Waals surface area contributed by atoms with Gasteiger partial charge in [0.15, 0.2) is 17.4 Å². The maximum absolute atomic E-state index is 0. The minimum atomic E-state index is 0. The summed E-state index contributed by atoms with van der Waals surface area (Å²) in [5.41, 5.74) is 0. The molecule has 0 aromatic carbocycles. The van der Waals surface area contributed by atoms with Crippen LogP contribution in [0.1, 0.15) is 1.43 Å². The van der Waals surface area contributed by atoms with Crippen LogP contribution in [0.2, 0.25) is 0 Å². The predicted molar refractivity (Wildman–Crippen MR) is 22.4 cm³/mol. The summed E-state index contributed by atoms with van der Waals surface area (Å²) in [5, 5.41) is 0. The van der Waals surface area contributed by atoms with Crippen LogP contribution in [-0.4, -0.2) is 35.0 Å². The average Bonchev–Trinajstić information content (AvgIpc) is 0. The van der Waals surface area contributed by atoms with Crippen molar-refractivity contribution >= 4 is 35.0 Å². The maximum Gasteiger partial charge on any atom is 1.00 e. The van der Waals surface area contributed by atoms with Crippen molar-refractivity contribution in [2.24, 2.45) is 0 Å². The smallest absolute Gasteiger partial charge is 1.00 e. The SMILES string of the molecule is [AlH3].[Cu].[GeH4].[H-].[Li+]. The zero-order chi connectivity index (χ0) is 0. The second-order valence-corrected chi connectivity index (χ2v) is 0. The van der Waals surface area contributed by atoms with Gasteiger partial charge in [-0.2, -0.15) is 0 Å². The Morgan fingerprint density at radius 2 is 1.25 bits per heavy atom. The van der Waals surface area contributed by atoms with Gasteiger partial charge in [-0.3, -0.25) is 0 Å². The fraction of sp³-hybridized carbons (Fsp3) is 0. The molecule has 0 nitrogen and oxygen atoms in total. The van der Waals surface area contributed by atoms with Crippen LogP contribution in [0.5, 0.6) is 0 Å². The van der Waals surface area contributed by atoms with Crippen molar-refractivity contribution in [3.05, 3.63) is 0 Å². The molecule has 0 rings (SSSR count). The van der Waals surface area contributed by atoms with E-state index in [2.05, 4.69) is 0 Å². The minimum absolute atomic E-state index is 0. The molecule has 27 valence electrons. The number of rotatable bonds is 0. The molecular formula is H8AlCuGeLi. The van der Waals surface area contributed by atoms with Crippen molar-refractivity contribution < 1.29 is 37.4 Å². The van der Waals surface area contributed by atoms with Crippen molar-refractivity contribution in [2.75, 3.05) is 0 Å². The topological polar surface area (TPSA) is 0 Å². The van der Waals surface area contributed by atoms with E-state index in [1.807, 2.05) is 0 Å². The first-order chi connectivity index (χ1) is 0. The monoisotopic (exact) mass is 179 g/mol. The van der Waals surface area contributed by atoms with E-state index >= 15 is 0 Å². The van der Waals surface area contributed by atoms with Gasteiger partial charge in [-0.1, -0.05) is 0 Å². The van der Waals surface area contributed by atoms with Gasteiger partial charge in [0.05, 0.1) is 0 Å². The van der Waals surface area contributed by atoms with Crippen LogP contribution >= 0.6 is 0 Å². The second kappa shape index (κ2) is 19.0. The maximum atomic E-state index is 0. The van der Waals surface area contributed by atoms with Gasteiger partial charge in [-0.05, 0) is 0 Å². The summed E-state index contributed by atoms with van der Waals surface area (Å²) >= 11 is 0. The first-order valence-corrected chi connectivity index (χ1v) is 0. The molecule has 0 aliphatic heterocycles. The van der Waals surface area contributed by atoms with E-state index in [1.54, 1.807) is 0 Å². The van der Waals surface area contributed by atoms with Gasteiger partial charge < -0.3 is 1.43 Å². The minimum Gasteiger partial charge on any atom is -1.00 e. The van der Waals surface area contributed by atoms with E-state index in [0.29, 0.717) is 0 Å². The van der Waals surface area contributed by atoms with Crippen LogP contribution in [0, 0.1) is 0 Å². The van der Waals surface area contributed by atoms with Crippen LogP contribution in [0.25, 0.3) is 0 Å². The normalized spacial score (nSPS) is 0. The fourth-order valence-electron chi connectivity index (χ4n) is 0. The predicted octanol–water partition coefficient (Wildman–Crippen LogP) is -5.52. The van der Waals surface area contributed by atoms with Crippen molar-refractivity contribution in [3.63, 3.8) is 0 Å². The van der Waals surface area contributed by atoms with Gasteiger partial charge in [0.25, 0.3) is 0 Å². The van der Waals surface area contributed by atoms with E-state index in [1.165, 1.54) is 0 Å². The van der Waals surface area contributed by atoms with E-state index in [9.17, 15) is 0 Å². The molecule has 0 aliphatic rings. The molecule has 0 aromatic heterocycles. The van der Waals surface area contributed by atoms with E-state index in [-0.39, 0.29) is 72.3 Å². The third-order valence-electron chi connectivity index (χ3n) is 0. The average molecular weight is 178 g/mol. The molecular weight excluding hydrogens is 170 g/mol. The van der Waals surface area contributed by atoms with Crippen molar-refractivity contribution in [3.8, 4) is 0 Å². The number of hydrogen-bond donors (Lipinski definition) is 0. The molecule has 0 fully saturated rings. The van der Waals surface area contributed by atoms with Gasteiger partial charge in [0.2, 0.25) is 0 Å². The zero-order valence-electron chi connectivity index (χ0n) is 2.30. The molecule has 0 aromatic rings. The first-order valence-electron chi connectivity index (χ1n) is 0. The summed E-state index contributed by atoms with van der Waals surface area (Å²) in [4.78, 5) is 0. The third-order valence-corrected chi connectivity index (χ3v) is 0. The van der Waals surface area contributed by atoms with Gasteiger partial charge in [0.1, 0.15) is 0 Å². The Balaban J connectivity index is 0. The van der Waals surface area contributed by atoms with Crippen LogP contribution in [0.3, 0.4) is 0 Å². The Morgan fingerprint density at radius 1 is 1.25 bits per heavy atom. The van der Waals surface area contributed by atoms with E-state index in [0.717, 1.165) is 0 Å². The summed E-state index contributed by atoms with van der Waals surface area (Å²) in [5.74, 6) is 0. The van der Waals surface area contributed by atoms with Crippen LogP contribution < -0.4 is 18.9 Å². The Hall–Kier alpha value is 2.19. The quantitative estimate of drug-likeness (QED) is 0.325. The van der Waals surface area contributed by atoms with Gasteiger partial charge in [0, 0.05) is 17.1 Å². The molecule has 0 spiro atoms. The Bertz CT molecular complexity index is 11.6. The van der Waals surface area contributed by atoms with Gasteiger partial charge in [-0.25, -0.2) is 0 Å². The summed E-state index contributed by atoms with van der Waals surface area (Å²) in [7, 11) is 0. The molecule has 4 heavy (non-hydrogen) atoms. The summed E-state index contributed by atoms with van der Waals surface area (Å²) in [6.45, 7) is 0. The third kappa shape index (κ3) is 8.89. The molecule has 0 bridgehead atoms. The van der Waals surface area contributed by atoms with Gasteiger partial charge in [-0.15, -0.1) is 0 Å². The molecule has 0 aliphatic carbocycles. The molecule has 0 heterocycles.